The molecule has 1 atom stereocenters. The van der Waals surface area contributed by atoms with Crippen LogP contribution < -0.4 is 4.74 Å². The minimum atomic E-state index is -4.42. The molecular formula is C18H18F3NO. The molecule has 0 aliphatic carbocycles. The summed E-state index contributed by atoms with van der Waals surface area (Å²) in [6.07, 6.45) is -0.989. The van der Waals surface area contributed by atoms with Crippen LogP contribution in [0.4, 0.5) is 13.2 Å². The molecule has 5 heteroatoms. The predicted octanol–water partition coefficient (Wildman–Crippen LogP) is 5.64. The zero-order valence-electron chi connectivity index (χ0n) is 13.1. The van der Waals surface area contributed by atoms with Crippen LogP contribution >= 0.6 is 0 Å². The fourth-order valence-corrected chi connectivity index (χ4v) is 3.02. The lowest BCUT2D eigenvalue weighted by Gasteiger charge is -2.16. The van der Waals surface area contributed by atoms with Crippen LogP contribution in [0.25, 0.3) is 0 Å². The molecule has 0 radical (unpaired) electrons. The van der Waals surface area contributed by atoms with Gasteiger partial charge in [-0.3, -0.25) is 4.98 Å². The number of aromatic nitrogens is 1. The Morgan fingerprint density at radius 1 is 1.22 bits per heavy atom. The van der Waals surface area contributed by atoms with Crippen LogP contribution in [0.15, 0.2) is 30.5 Å². The smallest absolute Gasteiger partial charge is 0.418 e. The Morgan fingerprint density at radius 3 is 2.70 bits per heavy atom. The normalized spacial score (nSPS) is 17.0. The van der Waals surface area contributed by atoms with Gasteiger partial charge in [0.05, 0.1) is 11.3 Å². The van der Waals surface area contributed by atoms with Gasteiger partial charge >= 0.3 is 6.18 Å². The van der Waals surface area contributed by atoms with Gasteiger partial charge in [0.25, 0.3) is 0 Å². The van der Waals surface area contributed by atoms with E-state index in [0.29, 0.717) is 17.9 Å². The quantitative estimate of drug-likeness (QED) is 0.714. The second-order valence-corrected chi connectivity index (χ2v) is 6.00. The van der Waals surface area contributed by atoms with E-state index in [9.17, 15) is 13.2 Å². The summed E-state index contributed by atoms with van der Waals surface area (Å²) >= 11 is 0. The number of fused-ring (bicyclic) bond motifs is 2. The number of hydrogen-bond donors (Lipinski definition) is 0. The van der Waals surface area contributed by atoms with E-state index in [2.05, 4.69) is 18.0 Å². The van der Waals surface area contributed by atoms with Crippen molar-refractivity contribution in [3.63, 3.8) is 0 Å². The minimum absolute atomic E-state index is 0.209. The number of hydrogen-bond acceptors (Lipinski definition) is 2. The van der Waals surface area contributed by atoms with Gasteiger partial charge in [0, 0.05) is 12.6 Å². The first kappa shape index (κ1) is 15.8. The van der Waals surface area contributed by atoms with E-state index in [4.69, 9.17) is 4.74 Å². The summed E-state index contributed by atoms with van der Waals surface area (Å²) in [5, 5.41) is 0. The average Bonchev–Trinajstić information content (AvgIpc) is 2.63. The molecule has 1 aromatic heterocycles. The number of nitrogens with zero attached hydrogens (tertiary/aromatic N) is 1. The number of pyridine rings is 1. The number of rotatable bonds is 2. The average molecular weight is 321 g/mol. The molecule has 0 saturated heterocycles. The van der Waals surface area contributed by atoms with Crippen LogP contribution in [0.1, 0.15) is 48.1 Å². The first-order valence-electron chi connectivity index (χ1n) is 7.73. The highest BCUT2D eigenvalue weighted by atomic mass is 19.4. The molecule has 0 spiro atoms. The molecule has 0 bridgehead atoms. The zero-order chi connectivity index (χ0) is 16.6. The van der Waals surface area contributed by atoms with Crippen molar-refractivity contribution in [2.24, 2.45) is 0 Å². The van der Waals surface area contributed by atoms with Crippen molar-refractivity contribution in [3.8, 4) is 11.5 Å². The van der Waals surface area contributed by atoms with Crippen molar-refractivity contribution in [2.45, 2.75) is 45.2 Å². The predicted molar refractivity (Wildman–Crippen MR) is 81.8 cm³/mol. The van der Waals surface area contributed by atoms with Crippen molar-refractivity contribution >= 4 is 0 Å². The lowest BCUT2D eigenvalue weighted by molar-refractivity contribution is -0.137. The van der Waals surface area contributed by atoms with Crippen molar-refractivity contribution in [3.05, 3.63) is 52.8 Å². The summed E-state index contributed by atoms with van der Waals surface area (Å²) in [6, 6.07) is 6.86. The van der Waals surface area contributed by atoms with E-state index in [1.807, 2.05) is 19.1 Å². The van der Waals surface area contributed by atoms with Crippen LogP contribution in [0.3, 0.4) is 0 Å². The van der Waals surface area contributed by atoms with Gasteiger partial charge in [-0.2, -0.15) is 13.2 Å². The van der Waals surface area contributed by atoms with Crippen LogP contribution in [0, 0.1) is 6.92 Å². The summed E-state index contributed by atoms with van der Waals surface area (Å²) < 4.78 is 44.5. The standard InChI is InChI=1S/C18H18F3NO/c1-3-4-12-8-15-17(9-13(10-22-15)18(19,20)21)23-16-6-5-11(2)7-14(12)16/h5-7,9-10,12H,3-4,8H2,1-2H3. The molecule has 1 aliphatic heterocycles. The Morgan fingerprint density at radius 2 is 2.00 bits per heavy atom. The van der Waals surface area contributed by atoms with Gasteiger partial charge < -0.3 is 4.74 Å². The fraction of sp³-hybridized carbons (Fsp3) is 0.389. The van der Waals surface area contributed by atoms with Crippen molar-refractivity contribution in [2.75, 3.05) is 0 Å². The third-order valence-corrected chi connectivity index (χ3v) is 4.16. The van der Waals surface area contributed by atoms with Gasteiger partial charge in [-0.1, -0.05) is 31.0 Å². The molecule has 0 saturated carbocycles. The Labute approximate surface area is 133 Å². The molecule has 1 aliphatic rings. The number of alkyl halides is 3. The molecule has 0 amide bonds. The van der Waals surface area contributed by atoms with E-state index in [-0.39, 0.29) is 11.7 Å². The first-order valence-corrected chi connectivity index (χ1v) is 7.73. The largest absolute Gasteiger partial charge is 0.455 e. The molecule has 1 unspecified atom stereocenters. The molecule has 2 nitrogen and oxygen atoms in total. The van der Waals surface area contributed by atoms with Crippen LogP contribution in [0.2, 0.25) is 0 Å². The molecule has 0 fully saturated rings. The Hall–Kier alpha value is -2.04. The molecule has 3 rings (SSSR count). The summed E-state index contributed by atoms with van der Waals surface area (Å²) in [6.45, 7) is 4.10. The third kappa shape index (κ3) is 3.19. The lowest BCUT2D eigenvalue weighted by atomic mass is 9.89. The Kier molecular flexibility index (Phi) is 4.04. The SMILES string of the molecule is CCCC1Cc2ncc(C(F)(F)F)cc2Oc2ccc(C)cc21. The first-order chi connectivity index (χ1) is 10.9. The highest BCUT2D eigenvalue weighted by molar-refractivity contribution is 5.47. The Balaban J connectivity index is 2.09. The zero-order valence-corrected chi connectivity index (χ0v) is 13.1. The second kappa shape index (κ2) is 5.87. The third-order valence-electron chi connectivity index (χ3n) is 4.16. The molecule has 2 aromatic rings. The Bertz CT molecular complexity index is 725. The minimum Gasteiger partial charge on any atom is -0.455 e. The number of halogens is 3. The van der Waals surface area contributed by atoms with E-state index in [1.54, 1.807) is 0 Å². The highest BCUT2D eigenvalue weighted by Gasteiger charge is 2.33. The summed E-state index contributed by atoms with van der Waals surface area (Å²) in [5.41, 5.74) is 1.98. The van der Waals surface area contributed by atoms with Gasteiger partial charge in [-0.25, -0.2) is 0 Å². The maximum atomic E-state index is 12.9. The number of aryl methyl sites for hydroxylation is 1. The maximum absolute atomic E-state index is 12.9. The maximum Gasteiger partial charge on any atom is 0.418 e. The summed E-state index contributed by atoms with van der Waals surface area (Å²) in [7, 11) is 0. The molecule has 2 heterocycles. The molecule has 122 valence electrons. The van der Waals surface area contributed by atoms with Gasteiger partial charge in [-0.05, 0) is 37.0 Å². The topological polar surface area (TPSA) is 22.1 Å². The van der Waals surface area contributed by atoms with E-state index in [0.717, 1.165) is 36.2 Å². The molecular weight excluding hydrogens is 303 g/mol. The molecule has 1 aromatic carbocycles. The van der Waals surface area contributed by atoms with E-state index >= 15 is 0 Å². The fourth-order valence-electron chi connectivity index (χ4n) is 3.02. The van der Waals surface area contributed by atoms with Gasteiger partial charge in [-0.15, -0.1) is 0 Å². The van der Waals surface area contributed by atoms with Gasteiger partial charge in [0.15, 0.2) is 0 Å². The van der Waals surface area contributed by atoms with Crippen molar-refractivity contribution in [1.29, 1.82) is 0 Å². The van der Waals surface area contributed by atoms with Crippen LogP contribution in [-0.4, -0.2) is 4.98 Å². The summed E-state index contributed by atoms with van der Waals surface area (Å²) in [5.74, 6) is 1.05. The number of ether oxygens (including phenoxy) is 1. The highest BCUT2D eigenvalue weighted by Crippen LogP contribution is 2.42. The van der Waals surface area contributed by atoms with Crippen molar-refractivity contribution < 1.29 is 17.9 Å². The molecule has 23 heavy (non-hydrogen) atoms. The van der Waals surface area contributed by atoms with Crippen molar-refractivity contribution in [1.82, 2.24) is 4.98 Å². The van der Waals surface area contributed by atoms with Gasteiger partial charge in [0.2, 0.25) is 0 Å². The molecule has 0 N–H and O–H groups in total. The van der Waals surface area contributed by atoms with Crippen LogP contribution in [-0.2, 0) is 12.6 Å². The summed E-state index contributed by atoms with van der Waals surface area (Å²) in [4.78, 5) is 4.04. The van der Waals surface area contributed by atoms with E-state index in [1.165, 1.54) is 0 Å². The van der Waals surface area contributed by atoms with E-state index < -0.39 is 11.7 Å². The van der Waals surface area contributed by atoms with Crippen LogP contribution in [0.5, 0.6) is 11.5 Å². The lowest BCUT2D eigenvalue weighted by Crippen LogP contribution is -2.08. The van der Waals surface area contributed by atoms with Gasteiger partial charge in [0.1, 0.15) is 11.5 Å². The number of benzene rings is 1. The second-order valence-electron chi connectivity index (χ2n) is 6.00. The monoisotopic (exact) mass is 321 g/mol.